The number of ketones is 1. The predicted molar refractivity (Wildman–Crippen MR) is 96.6 cm³/mol. The molecule has 0 N–H and O–H groups in total. The Hall–Kier alpha value is -2.54. The highest BCUT2D eigenvalue weighted by Gasteiger charge is 2.15. The second-order valence-electron chi connectivity index (χ2n) is 5.20. The second kappa shape index (κ2) is 9.82. The first-order valence-corrected chi connectivity index (χ1v) is 8.81. The van der Waals surface area contributed by atoms with Gasteiger partial charge in [0.15, 0.2) is 6.61 Å². The molecule has 0 aliphatic heterocycles. The maximum absolute atomic E-state index is 12.8. The van der Waals surface area contributed by atoms with Gasteiger partial charge in [0.05, 0.1) is 26.2 Å². The summed E-state index contributed by atoms with van der Waals surface area (Å²) < 4.78 is 28.1. The second-order valence-corrected chi connectivity index (χ2v) is 6.37. The summed E-state index contributed by atoms with van der Waals surface area (Å²) >= 11 is 1.41. The highest BCUT2D eigenvalue weighted by Crippen LogP contribution is 2.25. The van der Waals surface area contributed by atoms with Crippen LogP contribution >= 0.6 is 11.8 Å². The third-order valence-corrected chi connectivity index (χ3v) is 4.48. The smallest absolute Gasteiger partial charge is 0.307 e. The standard InChI is InChI=1S/C19H19FO5S/c1-23-14-5-8-16(18(11-14)24-2)17(21)12-25-19(22)9-10-26-15-6-3-13(20)4-7-15/h3-8,11H,9-10,12H2,1-2H3. The van der Waals surface area contributed by atoms with Crippen LogP contribution in [0.2, 0.25) is 0 Å². The lowest BCUT2D eigenvalue weighted by molar-refractivity contribution is -0.141. The molecule has 0 saturated heterocycles. The molecule has 0 atom stereocenters. The molecule has 138 valence electrons. The third-order valence-electron chi connectivity index (χ3n) is 3.46. The number of methoxy groups -OCH3 is 2. The quantitative estimate of drug-likeness (QED) is 0.376. The van der Waals surface area contributed by atoms with Crippen LogP contribution in [0, 0.1) is 5.82 Å². The van der Waals surface area contributed by atoms with Crippen molar-refractivity contribution in [3.63, 3.8) is 0 Å². The van der Waals surface area contributed by atoms with Crippen LogP contribution in [0.1, 0.15) is 16.8 Å². The Morgan fingerprint density at radius 3 is 2.42 bits per heavy atom. The molecule has 0 fully saturated rings. The van der Waals surface area contributed by atoms with Crippen molar-refractivity contribution in [2.75, 3.05) is 26.6 Å². The minimum absolute atomic E-state index is 0.148. The maximum Gasteiger partial charge on any atom is 0.307 e. The highest BCUT2D eigenvalue weighted by atomic mass is 32.2. The number of thioether (sulfide) groups is 1. The molecule has 0 aliphatic rings. The van der Waals surface area contributed by atoms with Crippen LogP contribution in [0.15, 0.2) is 47.4 Å². The summed E-state index contributed by atoms with van der Waals surface area (Å²) in [6.07, 6.45) is 0.148. The predicted octanol–water partition coefficient (Wildman–Crippen LogP) is 3.75. The van der Waals surface area contributed by atoms with Crippen LogP contribution in [0.3, 0.4) is 0 Å². The number of ether oxygens (including phenoxy) is 3. The molecule has 0 aromatic heterocycles. The average Bonchev–Trinajstić information content (AvgIpc) is 2.67. The van der Waals surface area contributed by atoms with E-state index in [4.69, 9.17) is 14.2 Å². The van der Waals surface area contributed by atoms with E-state index in [0.717, 1.165) is 4.90 Å². The molecule has 0 amide bonds. The monoisotopic (exact) mass is 378 g/mol. The van der Waals surface area contributed by atoms with Gasteiger partial charge >= 0.3 is 5.97 Å². The van der Waals surface area contributed by atoms with Gasteiger partial charge in [-0.2, -0.15) is 0 Å². The van der Waals surface area contributed by atoms with E-state index in [1.165, 1.54) is 38.1 Å². The zero-order chi connectivity index (χ0) is 18.9. The van der Waals surface area contributed by atoms with Crippen LogP contribution < -0.4 is 9.47 Å². The Balaban J connectivity index is 1.79. The van der Waals surface area contributed by atoms with Gasteiger partial charge in [-0.15, -0.1) is 11.8 Å². The van der Waals surface area contributed by atoms with Crippen LogP contribution in [-0.2, 0) is 9.53 Å². The number of rotatable bonds is 9. The number of carbonyl (C=O) groups excluding carboxylic acids is 2. The molecule has 0 aliphatic carbocycles. The molecule has 2 aromatic carbocycles. The number of benzene rings is 2. The molecule has 0 spiro atoms. The largest absolute Gasteiger partial charge is 0.497 e. The summed E-state index contributed by atoms with van der Waals surface area (Å²) in [4.78, 5) is 24.9. The molecule has 0 radical (unpaired) electrons. The fourth-order valence-electron chi connectivity index (χ4n) is 2.11. The molecule has 0 unspecified atom stereocenters. The zero-order valence-electron chi connectivity index (χ0n) is 14.5. The minimum Gasteiger partial charge on any atom is -0.497 e. The topological polar surface area (TPSA) is 61.8 Å². The fraction of sp³-hybridized carbons (Fsp3) is 0.263. The van der Waals surface area contributed by atoms with Gasteiger partial charge < -0.3 is 14.2 Å². The molecule has 0 saturated carbocycles. The summed E-state index contributed by atoms with van der Waals surface area (Å²) in [7, 11) is 2.96. The zero-order valence-corrected chi connectivity index (χ0v) is 15.3. The Morgan fingerprint density at radius 2 is 1.77 bits per heavy atom. The number of Topliss-reactive ketones (excluding diaryl/α,β-unsaturated/α-hetero) is 1. The highest BCUT2D eigenvalue weighted by molar-refractivity contribution is 7.99. The Bertz CT molecular complexity index is 761. The lowest BCUT2D eigenvalue weighted by Gasteiger charge is -2.10. The minimum atomic E-state index is -0.472. The van der Waals surface area contributed by atoms with E-state index in [1.807, 2.05) is 0 Å². The molecule has 0 bridgehead atoms. The maximum atomic E-state index is 12.8. The lowest BCUT2D eigenvalue weighted by Crippen LogP contribution is -2.15. The summed E-state index contributed by atoms with van der Waals surface area (Å²) in [6, 6.07) is 10.8. The van der Waals surface area contributed by atoms with E-state index in [1.54, 1.807) is 30.3 Å². The van der Waals surface area contributed by atoms with Crippen molar-refractivity contribution in [1.29, 1.82) is 0 Å². The van der Waals surface area contributed by atoms with Crippen molar-refractivity contribution >= 4 is 23.5 Å². The van der Waals surface area contributed by atoms with Crippen molar-refractivity contribution in [3.05, 3.63) is 53.8 Å². The van der Waals surface area contributed by atoms with Crippen molar-refractivity contribution in [3.8, 4) is 11.5 Å². The summed E-state index contributed by atoms with van der Waals surface area (Å²) in [5, 5.41) is 0. The van der Waals surface area contributed by atoms with Crippen molar-refractivity contribution in [2.45, 2.75) is 11.3 Å². The van der Waals surface area contributed by atoms with E-state index < -0.39 is 5.97 Å². The fourth-order valence-corrected chi connectivity index (χ4v) is 2.94. The molecule has 26 heavy (non-hydrogen) atoms. The van der Waals surface area contributed by atoms with E-state index in [2.05, 4.69) is 0 Å². The van der Waals surface area contributed by atoms with Gasteiger partial charge in [-0.1, -0.05) is 0 Å². The Labute approximate surface area is 155 Å². The number of halogens is 1. The molecular formula is C19H19FO5S. The first-order valence-electron chi connectivity index (χ1n) is 7.82. The molecule has 5 nitrogen and oxygen atoms in total. The van der Waals surface area contributed by atoms with Crippen LogP contribution in [0.25, 0.3) is 0 Å². The van der Waals surface area contributed by atoms with E-state index in [9.17, 15) is 14.0 Å². The number of hydrogen-bond donors (Lipinski definition) is 0. The van der Waals surface area contributed by atoms with Crippen molar-refractivity contribution < 1.29 is 28.2 Å². The van der Waals surface area contributed by atoms with E-state index >= 15 is 0 Å². The summed E-state index contributed by atoms with van der Waals surface area (Å²) in [5.74, 6) is 0.265. The van der Waals surface area contributed by atoms with Crippen LogP contribution in [0.5, 0.6) is 11.5 Å². The summed E-state index contributed by atoms with van der Waals surface area (Å²) in [5.41, 5.74) is 0.321. The van der Waals surface area contributed by atoms with Gasteiger partial charge in [0.25, 0.3) is 0 Å². The first-order chi connectivity index (χ1) is 12.5. The summed E-state index contributed by atoms with van der Waals surface area (Å²) in [6.45, 7) is -0.358. The SMILES string of the molecule is COc1ccc(C(=O)COC(=O)CCSc2ccc(F)cc2)c(OC)c1. The Kier molecular flexibility index (Phi) is 7.47. The van der Waals surface area contributed by atoms with Crippen LogP contribution in [-0.4, -0.2) is 38.3 Å². The average molecular weight is 378 g/mol. The number of carbonyl (C=O) groups is 2. The normalized spacial score (nSPS) is 10.3. The van der Waals surface area contributed by atoms with Gasteiger partial charge in [0.2, 0.25) is 5.78 Å². The first kappa shape index (κ1) is 19.8. The van der Waals surface area contributed by atoms with Gasteiger partial charge in [-0.25, -0.2) is 4.39 Å². The molecular weight excluding hydrogens is 359 g/mol. The van der Waals surface area contributed by atoms with Crippen molar-refractivity contribution in [1.82, 2.24) is 0 Å². The molecule has 2 rings (SSSR count). The van der Waals surface area contributed by atoms with Crippen molar-refractivity contribution in [2.24, 2.45) is 0 Å². The van der Waals surface area contributed by atoms with Crippen LogP contribution in [0.4, 0.5) is 4.39 Å². The molecule has 7 heteroatoms. The third kappa shape index (κ3) is 5.77. The molecule has 2 aromatic rings. The molecule has 0 heterocycles. The Morgan fingerprint density at radius 1 is 1.04 bits per heavy atom. The van der Waals surface area contributed by atoms with Gasteiger partial charge in [0.1, 0.15) is 17.3 Å². The number of hydrogen-bond acceptors (Lipinski definition) is 6. The van der Waals surface area contributed by atoms with Gasteiger partial charge in [-0.3, -0.25) is 9.59 Å². The van der Waals surface area contributed by atoms with Gasteiger partial charge in [-0.05, 0) is 36.4 Å². The van der Waals surface area contributed by atoms with Gasteiger partial charge in [0, 0.05) is 16.7 Å². The lowest BCUT2D eigenvalue weighted by atomic mass is 10.1. The number of esters is 1. The van der Waals surface area contributed by atoms with E-state index in [-0.39, 0.29) is 24.6 Å². The van der Waals surface area contributed by atoms with E-state index in [0.29, 0.717) is 22.8 Å².